The molecule has 0 spiro atoms. The summed E-state index contributed by atoms with van der Waals surface area (Å²) in [5, 5.41) is 13.1. The van der Waals surface area contributed by atoms with Crippen LogP contribution in [0.3, 0.4) is 0 Å². The van der Waals surface area contributed by atoms with Crippen LogP contribution in [0.15, 0.2) is 77.1 Å². The molecule has 0 fully saturated rings. The highest BCUT2D eigenvalue weighted by Crippen LogP contribution is 2.46. The summed E-state index contributed by atoms with van der Waals surface area (Å²) >= 11 is 0. The van der Waals surface area contributed by atoms with Crippen molar-refractivity contribution in [2.45, 2.75) is 46.0 Å². The van der Waals surface area contributed by atoms with Crippen LogP contribution in [0.4, 0.5) is 0 Å². The number of Topliss-reactive ketones (excluding diaryl/α,β-unsaturated/α-hetero) is 1. The van der Waals surface area contributed by atoms with Crippen LogP contribution in [0.25, 0.3) is 0 Å². The highest BCUT2D eigenvalue weighted by Gasteiger charge is 2.43. The Morgan fingerprint density at radius 2 is 1.78 bits per heavy atom. The molecule has 166 valence electrons. The van der Waals surface area contributed by atoms with E-state index < -0.39 is 11.9 Å². The molecule has 2 aliphatic rings. The Morgan fingerprint density at radius 1 is 1.09 bits per heavy atom. The number of ether oxygens (including phenoxy) is 1. The van der Waals surface area contributed by atoms with Gasteiger partial charge in [-0.25, -0.2) is 4.79 Å². The molecule has 32 heavy (non-hydrogen) atoms. The molecule has 1 aliphatic heterocycles. The number of rotatable bonds is 5. The smallest absolute Gasteiger partial charge is 0.336 e. The van der Waals surface area contributed by atoms with Gasteiger partial charge in [-0.1, -0.05) is 56.3 Å². The van der Waals surface area contributed by atoms with Crippen LogP contribution < -0.4 is 5.32 Å². The first kappa shape index (κ1) is 21.9. The van der Waals surface area contributed by atoms with E-state index in [1.807, 2.05) is 37.3 Å². The Balaban J connectivity index is 1.66. The van der Waals surface area contributed by atoms with Crippen molar-refractivity contribution in [3.63, 3.8) is 0 Å². The lowest BCUT2D eigenvalue weighted by atomic mass is 9.68. The lowest BCUT2D eigenvalue weighted by Crippen LogP contribution is -2.38. The van der Waals surface area contributed by atoms with E-state index in [-0.39, 0.29) is 23.6 Å². The molecule has 4 rings (SSSR count). The summed E-state index contributed by atoms with van der Waals surface area (Å²) in [6.45, 7) is 6.28. The second-order valence-corrected chi connectivity index (χ2v) is 9.39. The molecule has 0 radical (unpaired) electrons. The number of dihydropyridines is 1. The normalized spacial score (nSPS) is 20.0. The van der Waals surface area contributed by atoms with E-state index in [0.717, 1.165) is 23.2 Å². The van der Waals surface area contributed by atoms with Gasteiger partial charge >= 0.3 is 5.97 Å². The molecule has 2 N–H and O–H groups in total. The molecule has 0 bridgehead atoms. The Morgan fingerprint density at radius 3 is 2.47 bits per heavy atom. The van der Waals surface area contributed by atoms with Crippen LogP contribution in [0.2, 0.25) is 0 Å². The fraction of sp³-hybridized carbons (Fsp3) is 0.333. The average molecular weight is 432 g/mol. The van der Waals surface area contributed by atoms with Crippen molar-refractivity contribution in [3.8, 4) is 5.75 Å². The third-order valence-electron chi connectivity index (χ3n) is 6.15. The van der Waals surface area contributed by atoms with Crippen molar-refractivity contribution < 1.29 is 19.4 Å². The molecule has 0 unspecified atom stereocenters. The van der Waals surface area contributed by atoms with Crippen LogP contribution >= 0.6 is 0 Å². The van der Waals surface area contributed by atoms with Gasteiger partial charge in [0.2, 0.25) is 0 Å². The zero-order valence-electron chi connectivity index (χ0n) is 18.8. The highest BCUT2D eigenvalue weighted by molar-refractivity contribution is 6.04. The zero-order chi connectivity index (χ0) is 22.9. The first-order chi connectivity index (χ1) is 15.2. The number of carbonyl (C=O) groups is 2. The van der Waals surface area contributed by atoms with Crippen molar-refractivity contribution in [2.24, 2.45) is 5.41 Å². The van der Waals surface area contributed by atoms with E-state index in [2.05, 4.69) is 19.2 Å². The van der Waals surface area contributed by atoms with E-state index in [4.69, 9.17) is 4.74 Å². The fourth-order valence-corrected chi connectivity index (χ4v) is 4.69. The maximum Gasteiger partial charge on any atom is 0.336 e. The van der Waals surface area contributed by atoms with E-state index >= 15 is 0 Å². The Bertz CT molecular complexity index is 1090. The van der Waals surface area contributed by atoms with Gasteiger partial charge in [-0.15, -0.1) is 0 Å². The monoisotopic (exact) mass is 431 g/mol. The number of hydrogen-bond donors (Lipinski definition) is 2. The molecule has 2 aromatic rings. The first-order valence-electron chi connectivity index (χ1n) is 11.0. The number of ketones is 1. The predicted octanol–water partition coefficient (Wildman–Crippen LogP) is 4.78. The number of nitrogens with one attached hydrogen (secondary N) is 1. The summed E-state index contributed by atoms with van der Waals surface area (Å²) in [5.74, 6) is -0.752. The van der Waals surface area contributed by atoms with Gasteiger partial charge in [0.1, 0.15) is 5.75 Å². The van der Waals surface area contributed by atoms with Crippen molar-refractivity contribution >= 4 is 11.8 Å². The largest absolute Gasteiger partial charge is 0.508 e. The molecule has 5 heteroatoms. The Kier molecular flexibility index (Phi) is 5.92. The minimum atomic E-state index is -0.514. The third-order valence-corrected chi connectivity index (χ3v) is 6.15. The van der Waals surface area contributed by atoms with Gasteiger partial charge in [-0.3, -0.25) is 4.79 Å². The standard InChI is InChI=1S/C27H29NO4/c1-17-23(26(31)32-14-13-18-7-5-4-6-8-18)24(19-9-11-20(29)12-10-19)25-21(28-17)15-27(2,3)16-22(25)30/h4-12,24,28-29H,13-16H2,1-3H3/t24-/m0/s1. The van der Waals surface area contributed by atoms with Crippen LogP contribution in [0, 0.1) is 5.41 Å². The van der Waals surface area contributed by atoms with Gasteiger partial charge < -0.3 is 15.2 Å². The summed E-state index contributed by atoms with van der Waals surface area (Å²) in [6, 6.07) is 16.6. The molecule has 0 aromatic heterocycles. The molecule has 1 heterocycles. The molecule has 0 amide bonds. The van der Waals surface area contributed by atoms with Crippen LogP contribution in [0.1, 0.15) is 50.7 Å². The second-order valence-electron chi connectivity index (χ2n) is 9.39. The van der Waals surface area contributed by atoms with Crippen LogP contribution in [-0.4, -0.2) is 23.5 Å². The Labute approximate surface area is 188 Å². The van der Waals surface area contributed by atoms with Gasteiger partial charge in [-0.2, -0.15) is 0 Å². The molecule has 0 saturated carbocycles. The van der Waals surface area contributed by atoms with E-state index in [9.17, 15) is 14.7 Å². The van der Waals surface area contributed by atoms with Crippen molar-refractivity contribution in [3.05, 3.63) is 88.3 Å². The highest BCUT2D eigenvalue weighted by atomic mass is 16.5. The SMILES string of the molecule is CC1=C(C(=O)OCCc2ccccc2)[C@H](c2ccc(O)cc2)C2=C(CC(C)(C)CC2=O)N1. The van der Waals surface area contributed by atoms with E-state index in [1.165, 1.54) is 0 Å². The first-order valence-corrected chi connectivity index (χ1v) is 11.0. The summed E-state index contributed by atoms with van der Waals surface area (Å²) in [5.41, 5.74) is 4.42. The molecule has 0 saturated heterocycles. The van der Waals surface area contributed by atoms with Crippen molar-refractivity contribution in [2.75, 3.05) is 6.61 Å². The fourth-order valence-electron chi connectivity index (χ4n) is 4.69. The minimum Gasteiger partial charge on any atom is -0.508 e. The van der Waals surface area contributed by atoms with Crippen LogP contribution in [0.5, 0.6) is 5.75 Å². The average Bonchev–Trinajstić information content (AvgIpc) is 2.73. The number of phenolic OH excluding ortho intramolecular Hbond substituents is 1. The number of esters is 1. The van der Waals surface area contributed by atoms with Crippen molar-refractivity contribution in [1.82, 2.24) is 5.32 Å². The van der Waals surface area contributed by atoms with E-state index in [0.29, 0.717) is 29.7 Å². The summed E-state index contributed by atoms with van der Waals surface area (Å²) in [6.07, 6.45) is 1.78. The number of carbonyl (C=O) groups excluding carboxylic acids is 2. The molecule has 1 aliphatic carbocycles. The van der Waals surface area contributed by atoms with Crippen molar-refractivity contribution in [1.29, 1.82) is 0 Å². The predicted molar refractivity (Wildman–Crippen MR) is 123 cm³/mol. The number of allylic oxidation sites excluding steroid dienone is 3. The third kappa shape index (κ3) is 4.47. The van der Waals surface area contributed by atoms with Gasteiger partial charge in [-0.05, 0) is 42.0 Å². The summed E-state index contributed by atoms with van der Waals surface area (Å²) in [7, 11) is 0. The number of phenols is 1. The van der Waals surface area contributed by atoms with Gasteiger partial charge in [0, 0.05) is 35.7 Å². The second kappa shape index (κ2) is 8.65. The zero-order valence-corrected chi connectivity index (χ0v) is 18.8. The molecule has 2 aromatic carbocycles. The van der Waals surface area contributed by atoms with Gasteiger partial charge in [0.15, 0.2) is 5.78 Å². The topological polar surface area (TPSA) is 75.6 Å². The Hall–Kier alpha value is -3.34. The molecular formula is C27H29NO4. The van der Waals surface area contributed by atoms with Crippen LogP contribution in [-0.2, 0) is 20.7 Å². The molecule has 1 atom stereocenters. The van der Waals surface area contributed by atoms with E-state index in [1.54, 1.807) is 24.3 Å². The summed E-state index contributed by atoms with van der Waals surface area (Å²) in [4.78, 5) is 26.5. The maximum absolute atomic E-state index is 13.3. The number of aromatic hydroxyl groups is 1. The summed E-state index contributed by atoms with van der Waals surface area (Å²) < 4.78 is 5.67. The number of benzene rings is 2. The lowest BCUT2D eigenvalue weighted by molar-refractivity contribution is -0.139. The molecule has 5 nitrogen and oxygen atoms in total. The minimum absolute atomic E-state index is 0.0453. The molecular weight excluding hydrogens is 402 g/mol. The quantitative estimate of drug-likeness (QED) is 0.666. The van der Waals surface area contributed by atoms with Gasteiger partial charge in [0.05, 0.1) is 12.2 Å². The number of hydrogen-bond acceptors (Lipinski definition) is 5. The lowest BCUT2D eigenvalue weighted by Gasteiger charge is -2.39. The van der Waals surface area contributed by atoms with Gasteiger partial charge in [0.25, 0.3) is 0 Å². The maximum atomic E-state index is 13.3.